The molecule has 0 bridgehead atoms. The van der Waals surface area contributed by atoms with Crippen molar-refractivity contribution in [3.8, 4) is 0 Å². The molecule has 2 atom stereocenters. The first-order valence-electron chi connectivity index (χ1n) is 13.4. The third kappa shape index (κ3) is 6.36. The lowest BCUT2D eigenvalue weighted by atomic mass is 9.74. The molecule has 2 aromatic rings. The predicted molar refractivity (Wildman–Crippen MR) is 164 cm³/mol. The van der Waals surface area contributed by atoms with E-state index in [4.69, 9.17) is 19.6 Å². The Hall–Kier alpha value is -3.31. The number of carbonyl (C=O) groups is 2. The van der Waals surface area contributed by atoms with E-state index >= 15 is 0 Å². The highest BCUT2D eigenvalue weighted by Crippen LogP contribution is 2.43. The molecule has 0 amide bonds. The van der Waals surface area contributed by atoms with Crippen LogP contribution in [-0.4, -0.2) is 39.3 Å². The van der Waals surface area contributed by atoms with Crippen molar-refractivity contribution in [3.05, 3.63) is 109 Å². The second-order valence-electron chi connectivity index (χ2n) is 11.1. The summed E-state index contributed by atoms with van der Waals surface area (Å²) in [7, 11) is -3.97. The quantitative estimate of drug-likeness (QED) is 0.172. The Morgan fingerprint density at radius 2 is 0.950 bits per heavy atom. The minimum absolute atomic E-state index is 0.359. The standard InChI is InChI=1S/C32H40O6Si2/c1-9-39(7,10-2)27-19-15-25(16-20-27)29(33)35-37-31(5)23-13-14-24-32(31,6)38-36-30(34)26-17-21-28(22-18-26)40(8,11-3)12-4/h9-12,15-22H,1-4,13-14,23-24H2,5-8H3. The number of benzene rings is 2. The van der Waals surface area contributed by atoms with Crippen molar-refractivity contribution in [2.75, 3.05) is 0 Å². The molecule has 6 nitrogen and oxygen atoms in total. The lowest BCUT2D eigenvalue weighted by Crippen LogP contribution is -2.56. The molecule has 1 saturated carbocycles. The summed E-state index contributed by atoms with van der Waals surface area (Å²) in [5.74, 6) is -1.24. The Kier molecular flexibility index (Phi) is 9.74. The van der Waals surface area contributed by atoms with Crippen molar-refractivity contribution in [3.63, 3.8) is 0 Å². The summed E-state index contributed by atoms with van der Waals surface area (Å²) < 4.78 is 0. The normalized spacial score (nSPS) is 21.1. The SMILES string of the molecule is C=C[Si](C)(C=C)c1ccc(C(=O)OOC2(C)CCCCC2(C)OOC(=O)c2ccc([Si](C)(C=C)C=C)cc2)cc1. The topological polar surface area (TPSA) is 71.1 Å². The highest BCUT2D eigenvalue weighted by Gasteiger charge is 2.53. The molecule has 40 heavy (non-hydrogen) atoms. The fourth-order valence-corrected chi connectivity index (χ4v) is 7.68. The van der Waals surface area contributed by atoms with Gasteiger partial charge in [-0.15, -0.1) is 26.3 Å². The second kappa shape index (κ2) is 12.5. The van der Waals surface area contributed by atoms with Gasteiger partial charge in [-0.1, -0.05) is 83.4 Å². The Morgan fingerprint density at radius 1 is 0.650 bits per heavy atom. The van der Waals surface area contributed by atoms with Crippen LogP contribution >= 0.6 is 0 Å². The van der Waals surface area contributed by atoms with E-state index in [0.29, 0.717) is 24.0 Å². The van der Waals surface area contributed by atoms with Gasteiger partial charge < -0.3 is 0 Å². The predicted octanol–water partition coefficient (Wildman–Crippen LogP) is 6.13. The fraction of sp³-hybridized carbons (Fsp3) is 0.312. The summed E-state index contributed by atoms with van der Waals surface area (Å²) >= 11 is 0. The van der Waals surface area contributed by atoms with Crippen LogP contribution in [0.5, 0.6) is 0 Å². The van der Waals surface area contributed by atoms with Crippen molar-refractivity contribution in [1.82, 2.24) is 0 Å². The maximum absolute atomic E-state index is 12.8. The van der Waals surface area contributed by atoms with Crippen LogP contribution in [0.2, 0.25) is 13.1 Å². The second-order valence-corrected chi connectivity index (χ2v) is 19.0. The molecule has 212 valence electrons. The molecule has 1 aliphatic rings. The minimum atomic E-state index is -1.99. The molecule has 0 aromatic heterocycles. The van der Waals surface area contributed by atoms with Crippen LogP contribution in [0.3, 0.4) is 0 Å². The zero-order valence-corrected chi connectivity index (χ0v) is 26.0. The number of rotatable bonds is 12. The molecule has 0 heterocycles. The van der Waals surface area contributed by atoms with E-state index in [0.717, 1.165) is 23.2 Å². The number of carbonyl (C=O) groups excluding carboxylic acids is 2. The Bertz CT molecular complexity index is 1150. The third-order valence-electron chi connectivity index (χ3n) is 8.46. The van der Waals surface area contributed by atoms with Crippen LogP contribution in [-0.2, 0) is 19.6 Å². The van der Waals surface area contributed by atoms with Gasteiger partial charge in [0.1, 0.15) is 27.3 Å². The average Bonchev–Trinajstić information content (AvgIpc) is 2.99. The average molecular weight is 577 g/mol. The van der Waals surface area contributed by atoms with E-state index in [1.54, 1.807) is 38.1 Å². The van der Waals surface area contributed by atoms with Crippen LogP contribution < -0.4 is 10.4 Å². The first kappa shape index (κ1) is 31.2. The van der Waals surface area contributed by atoms with Crippen molar-refractivity contribution in [2.45, 2.75) is 63.8 Å². The summed E-state index contributed by atoms with van der Waals surface area (Å²) in [5, 5.41) is 2.17. The van der Waals surface area contributed by atoms with Gasteiger partial charge in [-0.3, -0.25) is 9.78 Å². The molecule has 0 N–H and O–H groups in total. The molecule has 8 heteroatoms. The highest BCUT2D eigenvalue weighted by atomic mass is 28.3. The lowest BCUT2D eigenvalue weighted by molar-refractivity contribution is -0.418. The van der Waals surface area contributed by atoms with Crippen LogP contribution in [0, 0.1) is 0 Å². The largest absolute Gasteiger partial charge is 0.373 e. The number of hydrogen-bond donors (Lipinski definition) is 0. The minimum Gasteiger partial charge on any atom is -0.292 e. The molecule has 2 unspecified atom stereocenters. The van der Waals surface area contributed by atoms with Crippen molar-refractivity contribution in [2.24, 2.45) is 0 Å². The first-order valence-corrected chi connectivity index (χ1v) is 18.8. The van der Waals surface area contributed by atoms with Crippen LogP contribution in [0.15, 0.2) is 97.6 Å². The maximum atomic E-state index is 12.8. The summed E-state index contributed by atoms with van der Waals surface area (Å²) in [5.41, 5.74) is 6.39. The number of hydrogen-bond acceptors (Lipinski definition) is 6. The first-order chi connectivity index (χ1) is 18.9. The van der Waals surface area contributed by atoms with E-state index in [9.17, 15) is 9.59 Å². The zero-order chi connectivity index (χ0) is 29.6. The van der Waals surface area contributed by atoms with Gasteiger partial charge in [0.25, 0.3) is 0 Å². The molecule has 2 aromatic carbocycles. The van der Waals surface area contributed by atoms with Gasteiger partial charge in [0, 0.05) is 0 Å². The van der Waals surface area contributed by atoms with E-state index in [2.05, 4.69) is 39.4 Å². The molecule has 0 saturated heterocycles. The smallest absolute Gasteiger partial charge is 0.292 e. The summed E-state index contributed by atoms with van der Waals surface area (Å²) in [6.07, 6.45) is 2.80. The molecule has 0 aliphatic heterocycles. The van der Waals surface area contributed by atoms with Gasteiger partial charge in [-0.05, 0) is 51.0 Å². The van der Waals surface area contributed by atoms with Gasteiger partial charge in [-0.2, -0.15) is 9.78 Å². The lowest BCUT2D eigenvalue weighted by Gasteiger charge is -2.45. The summed E-state index contributed by atoms with van der Waals surface area (Å²) in [6, 6.07) is 14.4. The monoisotopic (exact) mass is 576 g/mol. The molecule has 3 rings (SSSR count). The Morgan fingerprint density at radius 3 is 1.23 bits per heavy atom. The molecule has 1 fully saturated rings. The van der Waals surface area contributed by atoms with Gasteiger partial charge in [-0.25, -0.2) is 9.59 Å². The van der Waals surface area contributed by atoms with E-state index < -0.39 is 39.3 Å². The maximum Gasteiger partial charge on any atom is 0.373 e. The van der Waals surface area contributed by atoms with E-state index in [1.165, 1.54) is 0 Å². The molecule has 0 spiro atoms. The van der Waals surface area contributed by atoms with Gasteiger partial charge in [0.15, 0.2) is 0 Å². The van der Waals surface area contributed by atoms with Crippen molar-refractivity contribution < 1.29 is 29.1 Å². The fourth-order valence-electron chi connectivity index (χ4n) is 4.64. The van der Waals surface area contributed by atoms with Crippen LogP contribution in [0.4, 0.5) is 0 Å². The molecular formula is C32H40O6Si2. The Balaban J connectivity index is 1.66. The third-order valence-corrected chi connectivity index (χ3v) is 15.0. The highest BCUT2D eigenvalue weighted by molar-refractivity contribution is 6.99. The van der Waals surface area contributed by atoms with Crippen LogP contribution in [0.25, 0.3) is 0 Å². The Labute approximate surface area is 239 Å². The zero-order valence-electron chi connectivity index (χ0n) is 24.0. The van der Waals surface area contributed by atoms with Crippen molar-refractivity contribution >= 4 is 38.5 Å². The van der Waals surface area contributed by atoms with Gasteiger partial charge in [0.05, 0.1) is 11.1 Å². The van der Waals surface area contributed by atoms with Crippen molar-refractivity contribution in [1.29, 1.82) is 0 Å². The van der Waals surface area contributed by atoms with Gasteiger partial charge in [0.2, 0.25) is 0 Å². The molecule has 0 radical (unpaired) electrons. The molecular weight excluding hydrogens is 537 g/mol. The van der Waals surface area contributed by atoms with E-state index in [-0.39, 0.29) is 0 Å². The van der Waals surface area contributed by atoms with Gasteiger partial charge >= 0.3 is 11.9 Å². The summed E-state index contributed by atoms with van der Waals surface area (Å²) in [4.78, 5) is 47.8. The molecule has 1 aliphatic carbocycles. The van der Waals surface area contributed by atoms with Crippen LogP contribution in [0.1, 0.15) is 60.2 Å². The van der Waals surface area contributed by atoms with E-state index in [1.807, 2.05) is 47.1 Å². The summed E-state index contributed by atoms with van der Waals surface area (Å²) in [6.45, 7) is 23.6.